The van der Waals surface area contributed by atoms with Gasteiger partial charge in [-0.1, -0.05) is 6.07 Å². The summed E-state index contributed by atoms with van der Waals surface area (Å²) in [6, 6.07) is 7.55. The van der Waals surface area contributed by atoms with Crippen LogP contribution in [0.1, 0.15) is 5.56 Å². The second-order valence-electron chi connectivity index (χ2n) is 4.56. The van der Waals surface area contributed by atoms with Crippen LogP contribution in [0.5, 0.6) is 11.8 Å². The van der Waals surface area contributed by atoms with Gasteiger partial charge in [-0.25, -0.2) is 19.6 Å². The van der Waals surface area contributed by atoms with E-state index in [9.17, 15) is 0 Å². The molecule has 0 radical (unpaired) electrons. The average molecular weight is 297 g/mol. The van der Waals surface area contributed by atoms with Gasteiger partial charge in [0, 0.05) is 12.3 Å². The first kappa shape index (κ1) is 14.0. The molecule has 0 aliphatic rings. The standard InChI is InChI=1S/C15H15N5O2/c1-21-14-5-3-4-13(19-14)12-6-11(7-17-15(12)22-2)8-20-10-16-9-18-20/h3-7,9-10H,8H2,1-2H3. The Hall–Kier alpha value is -2.96. The van der Waals surface area contributed by atoms with E-state index in [2.05, 4.69) is 20.1 Å². The number of ether oxygens (including phenoxy) is 2. The van der Waals surface area contributed by atoms with Crippen molar-refractivity contribution in [1.29, 1.82) is 0 Å². The minimum Gasteiger partial charge on any atom is -0.481 e. The lowest BCUT2D eigenvalue weighted by molar-refractivity contribution is 0.395. The van der Waals surface area contributed by atoms with Crippen molar-refractivity contribution in [2.24, 2.45) is 0 Å². The first-order valence-corrected chi connectivity index (χ1v) is 6.67. The van der Waals surface area contributed by atoms with Crippen LogP contribution in [0.15, 0.2) is 43.1 Å². The minimum atomic E-state index is 0.517. The van der Waals surface area contributed by atoms with Crippen molar-refractivity contribution in [3.05, 3.63) is 48.7 Å². The van der Waals surface area contributed by atoms with Crippen molar-refractivity contribution in [1.82, 2.24) is 24.7 Å². The van der Waals surface area contributed by atoms with Crippen LogP contribution in [0.3, 0.4) is 0 Å². The summed E-state index contributed by atoms with van der Waals surface area (Å²) >= 11 is 0. The molecule has 0 atom stereocenters. The number of nitrogens with zero attached hydrogens (tertiary/aromatic N) is 5. The van der Waals surface area contributed by atoms with Crippen LogP contribution >= 0.6 is 0 Å². The summed E-state index contributed by atoms with van der Waals surface area (Å²) in [4.78, 5) is 12.7. The fraction of sp³-hybridized carbons (Fsp3) is 0.200. The molecule has 112 valence electrons. The van der Waals surface area contributed by atoms with Gasteiger partial charge in [-0.15, -0.1) is 0 Å². The first-order chi connectivity index (χ1) is 10.8. The van der Waals surface area contributed by atoms with Crippen LogP contribution < -0.4 is 9.47 Å². The Labute approximate surface area is 127 Å². The summed E-state index contributed by atoms with van der Waals surface area (Å²) in [6.45, 7) is 0.577. The van der Waals surface area contributed by atoms with E-state index in [1.807, 2.05) is 18.2 Å². The van der Waals surface area contributed by atoms with Crippen LogP contribution in [0.25, 0.3) is 11.3 Å². The Morgan fingerprint density at radius 3 is 2.82 bits per heavy atom. The largest absolute Gasteiger partial charge is 0.481 e. The molecule has 0 aromatic carbocycles. The maximum Gasteiger partial charge on any atom is 0.222 e. The molecule has 0 aliphatic heterocycles. The molecule has 3 aromatic rings. The van der Waals surface area contributed by atoms with E-state index >= 15 is 0 Å². The number of pyridine rings is 2. The molecule has 7 heteroatoms. The Balaban J connectivity index is 2.00. The molecule has 0 amide bonds. The maximum atomic E-state index is 5.34. The quantitative estimate of drug-likeness (QED) is 0.715. The van der Waals surface area contributed by atoms with E-state index in [4.69, 9.17) is 9.47 Å². The molecule has 0 N–H and O–H groups in total. The third-order valence-electron chi connectivity index (χ3n) is 3.12. The number of hydrogen-bond acceptors (Lipinski definition) is 6. The van der Waals surface area contributed by atoms with Crippen molar-refractivity contribution in [2.75, 3.05) is 14.2 Å². The van der Waals surface area contributed by atoms with Crippen molar-refractivity contribution >= 4 is 0 Å². The zero-order chi connectivity index (χ0) is 15.4. The van der Waals surface area contributed by atoms with Crippen molar-refractivity contribution in [3.8, 4) is 23.0 Å². The molecule has 0 saturated carbocycles. The molecule has 0 saturated heterocycles. The highest BCUT2D eigenvalue weighted by atomic mass is 16.5. The summed E-state index contributed by atoms with van der Waals surface area (Å²) in [7, 11) is 3.17. The number of hydrogen-bond donors (Lipinski definition) is 0. The van der Waals surface area contributed by atoms with Crippen molar-refractivity contribution in [2.45, 2.75) is 6.54 Å². The topological polar surface area (TPSA) is 75.0 Å². The van der Waals surface area contributed by atoms with E-state index in [1.54, 1.807) is 37.5 Å². The Bertz CT molecular complexity index is 758. The molecule has 0 aliphatic carbocycles. The van der Waals surface area contributed by atoms with Gasteiger partial charge in [0.25, 0.3) is 0 Å². The number of aromatic nitrogens is 5. The van der Waals surface area contributed by atoms with Gasteiger partial charge in [0.15, 0.2) is 0 Å². The number of methoxy groups -OCH3 is 2. The Kier molecular flexibility index (Phi) is 3.95. The van der Waals surface area contributed by atoms with E-state index in [-0.39, 0.29) is 0 Å². The van der Waals surface area contributed by atoms with Crippen molar-refractivity contribution in [3.63, 3.8) is 0 Å². The molecule has 0 fully saturated rings. The first-order valence-electron chi connectivity index (χ1n) is 6.67. The Morgan fingerprint density at radius 2 is 2.09 bits per heavy atom. The summed E-state index contributed by atoms with van der Waals surface area (Å²) in [5.41, 5.74) is 2.52. The molecule has 3 heterocycles. The summed E-state index contributed by atoms with van der Waals surface area (Å²) in [5.74, 6) is 1.06. The highest BCUT2D eigenvalue weighted by Gasteiger charge is 2.11. The van der Waals surface area contributed by atoms with Gasteiger partial charge in [-0.05, 0) is 17.7 Å². The third-order valence-corrected chi connectivity index (χ3v) is 3.12. The molecular weight excluding hydrogens is 282 g/mol. The van der Waals surface area contributed by atoms with E-state index < -0.39 is 0 Å². The third kappa shape index (κ3) is 2.88. The zero-order valence-corrected chi connectivity index (χ0v) is 12.3. The molecule has 0 spiro atoms. The second-order valence-corrected chi connectivity index (χ2v) is 4.56. The predicted molar refractivity (Wildman–Crippen MR) is 79.7 cm³/mol. The fourth-order valence-electron chi connectivity index (χ4n) is 2.11. The Morgan fingerprint density at radius 1 is 1.18 bits per heavy atom. The minimum absolute atomic E-state index is 0.517. The molecular formula is C15H15N5O2. The summed E-state index contributed by atoms with van der Waals surface area (Å²) in [6.07, 6.45) is 4.92. The summed E-state index contributed by atoms with van der Waals surface area (Å²) < 4.78 is 12.2. The maximum absolute atomic E-state index is 5.34. The van der Waals surface area contributed by atoms with Gasteiger partial charge >= 0.3 is 0 Å². The average Bonchev–Trinajstić information content (AvgIpc) is 3.08. The van der Waals surface area contributed by atoms with Gasteiger partial charge in [-0.3, -0.25) is 0 Å². The van der Waals surface area contributed by atoms with Crippen LogP contribution in [-0.4, -0.2) is 39.0 Å². The van der Waals surface area contributed by atoms with Crippen LogP contribution in [-0.2, 0) is 6.54 Å². The van der Waals surface area contributed by atoms with Gasteiger partial charge < -0.3 is 9.47 Å². The second kappa shape index (κ2) is 6.21. The van der Waals surface area contributed by atoms with Gasteiger partial charge in [0.05, 0.1) is 32.0 Å². The lowest BCUT2D eigenvalue weighted by Gasteiger charge is -2.10. The van der Waals surface area contributed by atoms with E-state index in [0.717, 1.165) is 16.8 Å². The van der Waals surface area contributed by atoms with Gasteiger partial charge in [0.2, 0.25) is 11.8 Å². The van der Waals surface area contributed by atoms with E-state index in [1.165, 1.54) is 6.33 Å². The smallest absolute Gasteiger partial charge is 0.222 e. The SMILES string of the molecule is COc1cccc(-c2cc(Cn3cncn3)cnc2OC)n1. The highest BCUT2D eigenvalue weighted by molar-refractivity contribution is 5.66. The van der Waals surface area contributed by atoms with Crippen LogP contribution in [0.2, 0.25) is 0 Å². The normalized spacial score (nSPS) is 10.5. The molecule has 3 aromatic heterocycles. The molecule has 0 unspecified atom stereocenters. The van der Waals surface area contributed by atoms with Crippen molar-refractivity contribution < 1.29 is 9.47 Å². The molecule has 7 nitrogen and oxygen atoms in total. The predicted octanol–water partition coefficient (Wildman–Crippen LogP) is 1.80. The molecule has 0 bridgehead atoms. The molecule has 3 rings (SSSR count). The highest BCUT2D eigenvalue weighted by Crippen LogP contribution is 2.28. The van der Waals surface area contributed by atoms with E-state index in [0.29, 0.717) is 18.3 Å². The van der Waals surface area contributed by atoms with Gasteiger partial charge in [0.1, 0.15) is 12.7 Å². The lowest BCUT2D eigenvalue weighted by Crippen LogP contribution is -2.02. The zero-order valence-electron chi connectivity index (χ0n) is 12.3. The van der Waals surface area contributed by atoms with Crippen LogP contribution in [0.4, 0.5) is 0 Å². The monoisotopic (exact) mass is 297 g/mol. The number of rotatable bonds is 5. The molecule has 22 heavy (non-hydrogen) atoms. The fourth-order valence-corrected chi connectivity index (χ4v) is 2.11. The lowest BCUT2D eigenvalue weighted by atomic mass is 10.1. The summed E-state index contributed by atoms with van der Waals surface area (Å²) in [5, 5.41) is 4.09. The van der Waals surface area contributed by atoms with Gasteiger partial charge in [-0.2, -0.15) is 5.10 Å². The van der Waals surface area contributed by atoms with Crippen LogP contribution in [0, 0.1) is 0 Å².